The Kier molecular flexibility index (Phi) is 8.11. The second-order valence-electron chi connectivity index (χ2n) is 9.46. The molecule has 2 aliphatic heterocycles. The van der Waals surface area contributed by atoms with Crippen molar-refractivity contribution in [2.45, 2.75) is 18.9 Å². The monoisotopic (exact) mass is 495 g/mol. The molecule has 5 rings (SSSR count). The number of piperazine rings is 1. The standard InChI is InChI=1S/C27H33N5O2.ClH/c1-29-13-10-23(11-14-29)30-15-17-31(18-16-30)26(33)20-32(24-5-3-2-4-6-24)27(34)22-8-7-21-9-12-28-25(21)19-22;/h2-9,12,19,23,28H,10-11,13-18,20H2,1H3;1H. The highest BCUT2D eigenvalue weighted by Crippen LogP contribution is 2.21. The molecule has 0 spiro atoms. The maximum Gasteiger partial charge on any atom is 0.258 e. The van der Waals surface area contributed by atoms with Crippen LogP contribution < -0.4 is 4.90 Å². The second kappa shape index (κ2) is 11.2. The molecule has 0 saturated carbocycles. The van der Waals surface area contributed by atoms with Gasteiger partial charge in [0.1, 0.15) is 6.54 Å². The van der Waals surface area contributed by atoms with Crippen LogP contribution in [0.25, 0.3) is 10.9 Å². The first-order chi connectivity index (χ1) is 16.6. The Morgan fingerprint density at radius 2 is 1.66 bits per heavy atom. The zero-order chi connectivity index (χ0) is 23.5. The minimum Gasteiger partial charge on any atom is -0.361 e. The van der Waals surface area contributed by atoms with E-state index in [4.69, 9.17) is 0 Å². The Morgan fingerprint density at radius 3 is 2.37 bits per heavy atom. The lowest BCUT2D eigenvalue weighted by Crippen LogP contribution is -2.55. The summed E-state index contributed by atoms with van der Waals surface area (Å²) in [5.41, 5.74) is 2.21. The van der Waals surface area contributed by atoms with E-state index in [9.17, 15) is 9.59 Å². The van der Waals surface area contributed by atoms with E-state index in [1.807, 2.05) is 65.7 Å². The van der Waals surface area contributed by atoms with E-state index in [1.54, 1.807) is 4.90 Å². The maximum absolute atomic E-state index is 13.5. The molecular formula is C27H34ClN5O2. The van der Waals surface area contributed by atoms with Crippen LogP contribution in [0.4, 0.5) is 5.69 Å². The van der Waals surface area contributed by atoms with Crippen molar-refractivity contribution in [3.05, 3.63) is 66.4 Å². The Labute approximate surface area is 213 Å². The SMILES string of the molecule is CN1CCC(N2CCN(C(=O)CN(C(=O)c3ccc4cc[nH]c4c3)c3ccccc3)CC2)CC1.Cl. The molecule has 0 atom stereocenters. The number of rotatable bonds is 5. The normalized spacial score (nSPS) is 17.8. The van der Waals surface area contributed by atoms with Crippen LogP contribution in [0.15, 0.2) is 60.8 Å². The molecule has 2 aromatic carbocycles. The van der Waals surface area contributed by atoms with Crippen molar-refractivity contribution in [1.29, 1.82) is 0 Å². The molecule has 0 radical (unpaired) electrons. The van der Waals surface area contributed by atoms with Crippen LogP contribution in [-0.2, 0) is 4.79 Å². The first-order valence-electron chi connectivity index (χ1n) is 12.2. The fraction of sp³-hybridized carbons (Fsp3) is 0.407. The van der Waals surface area contributed by atoms with Gasteiger partial charge < -0.3 is 14.8 Å². The number of anilines is 1. The first-order valence-corrected chi connectivity index (χ1v) is 12.2. The van der Waals surface area contributed by atoms with Gasteiger partial charge in [-0.15, -0.1) is 12.4 Å². The Hall–Kier alpha value is -2.87. The number of carbonyl (C=O) groups is 2. The predicted octanol–water partition coefficient (Wildman–Crippen LogP) is 3.47. The fourth-order valence-corrected chi connectivity index (χ4v) is 5.16. The number of nitrogens with zero attached hydrogens (tertiary/aromatic N) is 4. The molecule has 3 heterocycles. The van der Waals surface area contributed by atoms with Gasteiger partial charge in [0.25, 0.3) is 5.91 Å². The highest BCUT2D eigenvalue weighted by atomic mass is 35.5. The summed E-state index contributed by atoms with van der Waals surface area (Å²) in [6, 6.07) is 17.7. The Bertz CT molecular complexity index is 1130. The molecular weight excluding hydrogens is 462 g/mol. The number of nitrogens with one attached hydrogen (secondary N) is 1. The van der Waals surface area contributed by atoms with Crippen LogP contribution in [0.2, 0.25) is 0 Å². The molecule has 3 aromatic rings. The summed E-state index contributed by atoms with van der Waals surface area (Å²) in [6.07, 6.45) is 4.26. The second-order valence-corrected chi connectivity index (χ2v) is 9.46. The van der Waals surface area contributed by atoms with Gasteiger partial charge in [0.05, 0.1) is 0 Å². The maximum atomic E-state index is 13.5. The number of aromatic amines is 1. The van der Waals surface area contributed by atoms with Crippen molar-refractivity contribution in [2.24, 2.45) is 0 Å². The highest BCUT2D eigenvalue weighted by Gasteiger charge is 2.30. The van der Waals surface area contributed by atoms with Gasteiger partial charge in [0.15, 0.2) is 0 Å². The van der Waals surface area contributed by atoms with Crippen LogP contribution in [0.5, 0.6) is 0 Å². The molecule has 7 nitrogen and oxygen atoms in total. The zero-order valence-electron chi connectivity index (χ0n) is 20.2. The smallest absolute Gasteiger partial charge is 0.258 e. The lowest BCUT2D eigenvalue weighted by Gasteiger charge is -2.42. The molecule has 2 aliphatic rings. The fourth-order valence-electron chi connectivity index (χ4n) is 5.16. The van der Waals surface area contributed by atoms with Crippen molar-refractivity contribution in [3.8, 4) is 0 Å². The number of piperidine rings is 1. The minimum absolute atomic E-state index is 0. The molecule has 186 valence electrons. The first kappa shape index (κ1) is 25.2. The van der Waals surface area contributed by atoms with Crippen molar-refractivity contribution in [3.63, 3.8) is 0 Å². The van der Waals surface area contributed by atoms with Crippen LogP contribution >= 0.6 is 12.4 Å². The number of carbonyl (C=O) groups excluding carboxylic acids is 2. The molecule has 1 N–H and O–H groups in total. The van der Waals surface area contributed by atoms with Crippen LogP contribution in [0.1, 0.15) is 23.2 Å². The van der Waals surface area contributed by atoms with Gasteiger partial charge in [-0.2, -0.15) is 0 Å². The summed E-state index contributed by atoms with van der Waals surface area (Å²) < 4.78 is 0. The van der Waals surface area contributed by atoms with Crippen LogP contribution in [0, 0.1) is 0 Å². The molecule has 35 heavy (non-hydrogen) atoms. The number of para-hydroxylation sites is 1. The molecule has 0 bridgehead atoms. The van der Waals surface area contributed by atoms with E-state index in [0.717, 1.165) is 55.9 Å². The van der Waals surface area contributed by atoms with Crippen molar-refractivity contribution < 1.29 is 9.59 Å². The molecule has 2 amide bonds. The van der Waals surface area contributed by atoms with Crippen LogP contribution in [0.3, 0.4) is 0 Å². The van der Waals surface area contributed by atoms with Gasteiger partial charge in [0, 0.05) is 55.2 Å². The lowest BCUT2D eigenvalue weighted by atomic mass is 10.0. The predicted molar refractivity (Wildman–Crippen MR) is 142 cm³/mol. The van der Waals surface area contributed by atoms with Crippen molar-refractivity contribution in [1.82, 2.24) is 19.7 Å². The van der Waals surface area contributed by atoms with Gasteiger partial charge in [-0.25, -0.2) is 0 Å². The van der Waals surface area contributed by atoms with E-state index in [2.05, 4.69) is 21.8 Å². The quantitative estimate of drug-likeness (QED) is 0.588. The Morgan fingerprint density at radius 1 is 0.943 bits per heavy atom. The number of hydrogen-bond acceptors (Lipinski definition) is 4. The van der Waals surface area contributed by atoms with Gasteiger partial charge in [-0.05, 0) is 68.7 Å². The third-order valence-electron chi connectivity index (χ3n) is 7.28. The van der Waals surface area contributed by atoms with E-state index in [1.165, 1.54) is 12.8 Å². The summed E-state index contributed by atoms with van der Waals surface area (Å²) in [6.45, 7) is 5.58. The molecule has 0 unspecified atom stereocenters. The minimum atomic E-state index is -0.166. The third-order valence-corrected chi connectivity index (χ3v) is 7.28. The van der Waals surface area contributed by atoms with E-state index in [-0.39, 0.29) is 30.8 Å². The number of fused-ring (bicyclic) bond motifs is 1. The Balaban J connectivity index is 0.00000289. The largest absolute Gasteiger partial charge is 0.361 e. The molecule has 1 aromatic heterocycles. The van der Waals surface area contributed by atoms with Crippen molar-refractivity contribution >= 4 is 40.8 Å². The number of hydrogen-bond donors (Lipinski definition) is 1. The number of amides is 2. The van der Waals surface area contributed by atoms with Gasteiger partial charge in [0.2, 0.25) is 5.91 Å². The number of benzene rings is 2. The summed E-state index contributed by atoms with van der Waals surface area (Å²) in [7, 11) is 2.18. The van der Waals surface area contributed by atoms with E-state index < -0.39 is 0 Å². The molecule has 8 heteroatoms. The summed E-state index contributed by atoms with van der Waals surface area (Å²) in [5.74, 6) is -0.165. The third kappa shape index (κ3) is 5.69. The summed E-state index contributed by atoms with van der Waals surface area (Å²) >= 11 is 0. The van der Waals surface area contributed by atoms with E-state index >= 15 is 0 Å². The van der Waals surface area contributed by atoms with E-state index in [0.29, 0.717) is 11.6 Å². The molecule has 2 fully saturated rings. The van der Waals surface area contributed by atoms with Crippen LogP contribution in [-0.4, -0.2) is 90.4 Å². The number of H-pyrrole nitrogens is 1. The number of aromatic nitrogens is 1. The number of halogens is 1. The van der Waals surface area contributed by atoms with Gasteiger partial charge >= 0.3 is 0 Å². The zero-order valence-corrected chi connectivity index (χ0v) is 21.0. The number of likely N-dealkylation sites (tertiary alicyclic amines) is 1. The van der Waals surface area contributed by atoms with Crippen molar-refractivity contribution in [2.75, 3.05) is 57.8 Å². The highest BCUT2D eigenvalue weighted by molar-refractivity contribution is 6.10. The summed E-state index contributed by atoms with van der Waals surface area (Å²) in [5, 5.41) is 1.06. The summed E-state index contributed by atoms with van der Waals surface area (Å²) in [4.78, 5) is 38.5. The van der Waals surface area contributed by atoms with Gasteiger partial charge in [-0.3, -0.25) is 19.4 Å². The molecule has 0 aliphatic carbocycles. The lowest BCUT2D eigenvalue weighted by molar-refractivity contribution is -0.131. The average Bonchev–Trinajstić information content (AvgIpc) is 3.36. The van der Waals surface area contributed by atoms with Gasteiger partial charge in [-0.1, -0.05) is 24.3 Å². The average molecular weight is 496 g/mol. The molecule has 2 saturated heterocycles. The topological polar surface area (TPSA) is 62.9 Å².